The minimum Gasteiger partial charge on any atom is -0.445 e. The van der Waals surface area contributed by atoms with E-state index in [0.29, 0.717) is 32.4 Å². The van der Waals surface area contributed by atoms with Crippen molar-refractivity contribution in [1.29, 1.82) is 0 Å². The maximum Gasteiger partial charge on any atom is 0.407 e. The Morgan fingerprint density at radius 3 is 2.12 bits per heavy atom. The number of nitrogens with one attached hydrogen (secondary N) is 2. The van der Waals surface area contributed by atoms with E-state index >= 15 is 0 Å². The molecule has 0 radical (unpaired) electrons. The summed E-state index contributed by atoms with van der Waals surface area (Å²) in [6.45, 7) is 4.96. The maximum atomic E-state index is 12.7. The van der Waals surface area contributed by atoms with Gasteiger partial charge in [-0.15, -0.1) is 0 Å². The lowest BCUT2D eigenvalue weighted by atomic mass is 9.86. The largest absolute Gasteiger partial charge is 0.445 e. The molecule has 5 N–H and O–H groups in total. The molecule has 33 heavy (non-hydrogen) atoms. The fraction of sp³-hybridized carbons (Fsp3) is 0.462. The summed E-state index contributed by atoms with van der Waals surface area (Å²) in [5.41, 5.74) is 8.18. The molecule has 0 aliphatic heterocycles. The van der Waals surface area contributed by atoms with Crippen LogP contribution in [0.15, 0.2) is 60.7 Å². The number of ether oxygens (including phenoxy) is 1. The van der Waals surface area contributed by atoms with Gasteiger partial charge in [-0.1, -0.05) is 74.5 Å². The van der Waals surface area contributed by atoms with E-state index in [2.05, 4.69) is 10.6 Å². The highest BCUT2D eigenvalue weighted by Crippen LogP contribution is 2.20. The van der Waals surface area contributed by atoms with Crippen molar-refractivity contribution >= 4 is 12.0 Å². The molecule has 2 amide bonds. The van der Waals surface area contributed by atoms with Crippen molar-refractivity contribution < 1.29 is 19.4 Å². The van der Waals surface area contributed by atoms with Gasteiger partial charge in [-0.25, -0.2) is 4.79 Å². The predicted molar refractivity (Wildman–Crippen MR) is 129 cm³/mol. The van der Waals surface area contributed by atoms with E-state index < -0.39 is 18.2 Å². The average Bonchev–Trinajstić information content (AvgIpc) is 2.81. The Morgan fingerprint density at radius 2 is 1.52 bits per heavy atom. The van der Waals surface area contributed by atoms with Gasteiger partial charge in [0.25, 0.3) is 0 Å². The van der Waals surface area contributed by atoms with Gasteiger partial charge in [0, 0.05) is 25.0 Å². The van der Waals surface area contributed by atoms with Crippen LogP contribution in [0.4, 0.5) is 4.79 Å². The molecule has 3 atom stereocenters. The fourth-order valence-corrected chi connectivity index (χ4v) is 3.53. The molecule has 0 aliphatic carbocycles. The van der Waals surface area contributed by atoms with Gasteiger partial charge in [-0.3, -0.25) is 4.79 Å². The molecular formula is C26H37N3O4. The number of hydrogen-bond donors (Lipinski definition) is 4. The van der Waals surface area contributed by atoms with Crippen LogP contribution in [0.5, 0.6) is 0 Å². The molecule has 0 saturated carbocycles. The Morgan fingerprint density at radius 1 is 0.939 bits per heavy atom. The van der Waals surface area contributed by atoms with Gasteiger partial charge in [0.1, 0.15) is 6.61 Å². The van der Waals surface area contributed by atoms with Gasteiger partial charge >= 0.3 is 6.09 Å². The smallest absolute Gasteiger partial charge is 0.407 e. The summed E-state index contributed by atoms with van der Waals surface area (Å²) >= 11 is 0. The Balaban J connectivity index is 1.66. The average molecular weight is 456 g/mol. The molecule has 7 nitrogen and oxygen atoms in total. The first-order chi connectivity index (χ1) is 15.9. The highest BCUT2D eigenvalue weighted by atomic mass is 16.5. The number of rotatable bonds is 13. The molecule has 2 aromatic carbocycles. The monoisotopic (exact) mass is 455 g/mol. The number of carbonyl (C=O) groups is 2. The SMILES string of the molecule is CC(C)[C@H](C[C@H](O)[C@@H](N)Cc1ccccc1)C(=O)NCCCNC(=O)OCc1ccccc1. The van der Waals surface area contributed by atoms with Gasteiger partial charge in [0.05, 0.1) is 6.10 Å². The van der Waals surface area contributed by atoms with Crippen molar-refractivity contribution in [3.8, 4) is 0 Å². The maximum absolute atomic E-state index is 12.7. The van der Waals surface area contributed by atoms with Crippen molar-refractivity contribution in [2.45, 2.75) is 51.9 Å². The van der Waals surface area contributed by atoms with Gasteiger partial charge in [-0.2, -0.15) is 0 Å². The van der Waals surface area contributed by atoms with E-state index in [1.165, 1.54) is 0 Å². The zero-order chi connectivity index (χ0) is 24.1. The van der Waals surface area contributed by atoms with Crippen LogP contribution < -0.4 is 16.4 Å². The summed E-state index contributed by atoms with van der Waals surface area (Å²) in [5, 5.41) is 16.2. The fourth-order valence-electron chi connectivity index (χ4n) is 3.53. The molecule has 0 heterocycles. The molecule has 0 aromatic heterocycles. The van der Waals surface area contributed by atoms with Crippen molar-refractivity contribution in [3.63, 3.8) is 0 Å². The summed E-state index contributed by atoms with van der Waals surface area (Å²) in [6.07, 6.45) is 0.180. The third kappa shape index (κ3) is 10.1. The Kier molecular flexibility index (Phi) is 11.4. The normalized spacial score (nSPS) is 13.7. The second kappa shape index (κ2) is 14.3. The molecule has 7 heteroatoms. The van der Waals surface area contributed by atoms with Gasteiger partial charge < -0.3 is 26.2 Å². The van der Waals surface area contributed by atoms with Crippen LogP contribution in [0.25, 0.3) is 0 Å². The van der Waals surface area contributed by atoms with Crippen molar-refractivity contribution in [1.82, 2.24) is 10.6 Å². The molecule has 0 spiro atoms. The summed E-state index contributed by atoms with van der Waals surface area (Å²) in [7, 11) is 0. The summed E-state index contributed by atoms with van der Waals surface area (Å²) in [4.78, 5) is 24.4. The summed E-state index contributed by atoms with van der Waals surface area (Å²) in [5.74, 6) is -0.386. The van der Waals surface area contributed by atoms with Crippen LogP contribution in [0, 0.1) is 11.8 Å². The van der Waals surface area contributed by atoms with Crippen molar-refractivity contribution in [2.24, 2.45) is 17.6 Å². The van der Waals surface area contributed by atoms with Crippen LogP contribution >= 0.6 is 0 Å². The number of aliphatic hydroxyl groups excluding tert-OH is 1. The van der Waals surface area contributed by atoms with Crippen LogP contribution in [0.1, 0.15) is 37.8 Å². The molecule has 0 bridgehead atoms. The quantitative estimate of drug-likeness (QED) is 0.347. The lowest BCUT2D eigenvalue weighted by molar-refractivity contribution is -0.127. The Labute approximate surface area is 196 Å². The molecule has 2 rings (SSSR count). The number of benzene rings is 2. The zero-order valence-electron chi connectivity index (χ0n) is 19.6. The number of hydrogen-bond acceptors (Lipinski definition) is 5. The van der Waals surface area contributed by atoms with Crippen LogP contribution in [0.3, 0.4) is 0 Å². The molecule has 180 valence electrons. The van der Waals surface area contributed by atoms with Crippen molar-refractivity contribution in [2.75, 3.05) is 13.1 Å². The molecule has 0 fully saturated rings. The first kappa shape index (κ1) is 26.4. The molecular weight excluding hydrogens is 418 g/mol. The second-order valence-electron chi connectivity index (χ2n) is 8.64. The highest BCUT2D eigenvalue weighted by Gasteiger charge is 2.27. The van der Waals surface area contributed by atoms with E-state index in [4.69, 9.17) is 10.5 Å². The van der Waals surface area contributed by atoms with Crippen LogP contribution in [-0.4, -0.2) is 42.3 Å². The van der Waals surface area contributed by atoms with E-state index in [0.717, 1.165) is 11.1 Å². The Hall–Kier alpha value is -2.90. The molecule has 0 unspecified atom stereocenters. The minimum atomic E-state index is -0.774. The Bertz CT molecular complexity index is 830. The third-order valence-corrected chi connectivity index (χ3v) is 5.58. The van der Waals surface area contributed by atoms with Gasteiger partial charge in [0.2, 0.25) is 5.91 Å². The predicted octanol–water partition coefficient (Wildman–Crippen LogP) is 3.01. The van der Waals surface area contributed by atoms with Gasteiger partial charge in [0.15, 0.2) is 0 Å². The first-order valence-electron chi connectivity index (χ1n) is 11.6. The minimum absolute atomic E-state index is 0.0645. The topological polar surface area (TPSA) is 114 Å². The van der Waals surface area contributed by atoms with Gasteiger partial charge in [-0.05, 0) is 36.3 Å². The third-order valence-electron chi connectivity index (χ3n) is 5.58. The standard InChI is InChI=1S/C26H37N3O4/c1-19(2)22(17-24(30)23(27)16-20-10-5-3-6-11-20)25(31)28-14-9-15-29-26(32)33-18-21-12-7-4-8-13-21/h3-8,10-13,19,22-24,30H,9,14-18,27H2,1-2H3,(H,28,31)(H,29,32)/t22-,23-,24-/m0/s1. The lowest BCUT2D eigenvalue weighted by Crippen LogP contribution is -2.42. The number of aliphatic hydroxyl groups is 1. The molecule has 0 aliphatic rings. The first-order valence-corrected chi connectivity index (χ1v) is 11.6. The second-order valence-corrected chi connectivity index (χ2v) is 8.64. The van der Waals surface area contributed by atoms with Crippen LogP contribution in [-0.2, 0) is 22.6 Å². The summed E-state index contributed by atoms with van der Waals surface area (Å²) in [6, 6.07) is 18.8. The van der Waals surface area contributed by atoms with E-state index in [1.54, 1.807) is 0 Å². The zero-order valence-corrected chi connectivity index (χ0v) is 19.6. The number of amides is 2. The number of alkyl carbamates (subject to hydrolysis) is 1. The van der Waals surface area contributed by atoms with E-state index in [9.17, 15) is 14.7 Å². The number of nitrogens with two attached hydrogens (primary N) is 1. The lowest BCUT2D eigenvalue weighted by Gasteiger charge is -2.26. The van der Waals surface area contributed by atoms with Crippen molar-refractivity contribution in [3.05, 3.63) is 71.8 Å². The molecule has 0 saturated heterocycles. The van der Waals surface area contributed by atoms with E-state index in [1.807, 2.05) is 74.5 Å². The molecule has 2 aromatic rings. The van der Waals surface area contributed by atoms with E-state index in [-0.39, 0.29) is 24.3 Å². The highest BCUT2D eigenvalue weighted by molar-refractivity contribution is 5.78. The summed E-state index contributed by atoms with van der Waals surface area (Å²) < 4.78 is 5.16. The number of carbonyl (C=O) groups excluding carboxylic acids is 2. The van der Waals surface area contributed by atoms with Crippen LogP contribution in [0.2, 0.25) is 0 Å².